The molecule has 2 aliphatic rings. The molecule has 17 heavy (non-hydrogen) atoms. The average Bonchev–Trinajstić information content (AvgIpc) is 2.40. The lowest BCUT2D eigenvalue weighted by Crippen LogP contribution is -2.54. The molecule has 1 amide bonds. The number of piperidine rings is 1. The van der Waals surface area contributed by atoms with Gasteiger partial charge in [-0.2, -0.15) is 0 Å². The SMILES string of the molecule is NCC1(C(=O)NN2CCCCC2)CCCCC1. The van der Waals surface area contributed by atoms with E-state index in [2.05, 4.69) is 10.4 Å². The Bertz CT molecular complexity index is 255. The lowest BCUT2D eigenvalue weighted by Gasteiger charge is -2.37. The van der Waals surface area contributed by atoms with Gasteiger partial charge in [0, 0.05) is 19.6 Å². The molecule has 2 rings (SSSR count). The second-order valence-corrected chi connectivity index (χ2v) is 5.53. The van der Waals surface area contributed by atoms with E-state index in [0.717, 1.165) is 38.8 Å². The van der Waals surface area contributed by atoms with Crippen LogP contribution >= 0.6 is 0 Å². The Morgan fingerprint density at radius 1 is 1.06 bits per heavy atom. The molecule has 0 spiro atoms. The number of carbonyl (C=O) groups excluding carboxylic acids is 1. The summed E-state index contributed by atoms with van der Waals surface area (Å²) in [6.07, 6.45) is 9.13. The molecule has 1 saturated heterocycles. The topological polar surface area (TPSA) is 58.4 Å². The summed E-state index contributed by atoms with van der Waals surface area (Å²) in [5.74, 6) is 0.168. The zero-order valence-electron chi connectivity index (χ0n) is 10.7. The molecule has 0 atom stereocenters. The molecule has 4 heteroatoms. The lowest BCUT2D eigenvalue weighted by molar-refractivity contribution is -0.138. The molecule has 1 aliphatic carbocycles. The van der Waals surface area contributed by atoms with Crippen molar-refractivity contribution >= 4 is 5.91 Å². The van der Waals surface area contributed by atoms with Crippen molar-refractivity contribution in [3.8, 4) is 0 Å². The zero-order chi connectivity index (χ0) is 12.1. The van der Waals surface area contributed by atoms with Crippen molar-refractivity contribution in [1.29, 1.82) is 0 Å². The predicted octanol–water partition coefficient (Wildman–Crippen LogP) is 1.41. The van der Waals surface area contributed by atoms with Crippen molar-refractivity contribution < 1.29 is 4.79 Å². The Balaban J connectivity index is 1.91. The number of hydrogen-bond donors (Lipinski definition) is 2. The van der Waals surface area contributed by atoms with E-state index in [0.29, 0.717) is 6.54 Å². The Labute approximate surface area is 104 Å². The van der Waals surface area contributed by atoms with E-state index in [1.807, 2.05) is 0 Å². The lowest BCUT2D eigenvalue weighted by atomic mass is 9.73. The highest BCUT2D eigenvalue weighted by molar-refractivity contribution is 5.82. The first-order chi connectivity index (χ1) is 8.27. The second kappa shape index (κ2) is 5.83. The van der Waals surface area contributed by atoms with E-state index in [1.165, 1.54) is 25.7 Å². The minimum Gasteiger partial charge on any atom is -0.329 e. The van der Waals surface area contributed by atoms with Crippen molar-refractivity contribution in [2.45, 2.75) is 51.4 Å². The Hall–Kier alpha value is -0.610. The van der Waals surface area contributed by atoms with Gasteiger partial charge in [0.05, 0.1) is 5.41 Å². The van der Waals surface area contributed by atoms with Crippen LogP contribution in [0, 0.1) is 5.41 Å². The number of nitrogens with zero attached hydrogens (tertiary/aromatic N) is 1. The molecule has 0 aromatic carbocycles. The molecular weight excluding hydrogens is 214 g/mol. The largest absolute Gasteiger partial charge is 0.329 e. The van der Waals surface area contributed by atoms with Gasteiger partial charge in [-0.25, -0.2) is 5.01 Å². The van der Waals surface area contributed by atoms with Crippen LogP contribution in [0.3, 0.4) is 0 Å². The summed E-state index contributed by atoms with van der Waals surface area (Å²) in [6, 6.07) is 0. The molecule has 1 aliphatic heterocycles. The Morgan fingerprint density at radius 2 is 1.65 bits per heavy atom. The molecule has 1 saturated carbocycles. The van der Waals surface area contributed by atoms with Crippen molar-refractivity contribution in [2.24, 2.45) is 11.1 Å². The zero-order valence-corrected chi connectivity index (χ0v) is 10.7. The smallest absolute Gasteiger partial charge is 0.241 e. The minimum absolute atomic E-state index is 0.168. The summed E-state index contributed by atoms with van der Waals surface area (Å²) in [6.45, 7) is 2.48. The van der Waals surface area contributed by atoms with Gasteiger partial charge in [-0.15, -0.1) is 0 Å². The highest BCUT2D eigenvalue weighted by Crippen LogP contribution is 2.35. The van der Waals surface area contributed by atoms with Crippen molar-refractivity contribution in [2.75, 3.05) is 19.6 Å². The second-order valence-electron chi connectivity index (χ2n) is 5.53. The summed E-state index contributed by atoms with van der Waals surface area (Å²) in [5.41, 5.74) is 8.68. The summed E-state index contributed by atoms with van der Waals surface area (Å²) >= 11 is 0. The maximum Gasteiger partial charge on any atom is 0.241 e. The van der Waals surface area contributed by atoms with Gasteiger partial charge in [0.2, 0.25) is 5.91 Å². The van der Waals surface area contributed by atoms with E-state index in [1.54, 1.807) is 0 Å². The first-order valence-electron chi connectivity index (χ1n) is 7.03. The van der Waals surface area contributed by atoms with E-state index in [9.17, 15) is 4.79 Å². The van der Waals surface area contributed by atoms with Gasteiger partial charge in [0.15, 0.2) is 0 Å². The fourth-order valence-corrected chi connectivity index (χ4v) is 3.02. The van der Waals surface area contributed by atoms with E-state index in [4.69, 9.17) is 5.73 Å². The molecule has 0 radical (unpaired) electrons. The molecule has 0 aromatic rings. The Kier molecular flexibility index (Phi) is 4.40. The molecule has 0 aromatic heterocycles. The number of hydrazine groups is 1. The van der Waals surface area contributed by atoms with Crippen LogP contribution in [0.15, 0.2) is 0 Å². The third-order valence-corrected chi connectivity index (χ3v) is 4.30. The van der Waals surface area contributed by atoms with Crippen molar-refractivity contribution in [3.05, 3.63) is 0 Å². The van der Waals surface area contributed by atoms with Crippen molar-refractivity contribution in [3.63, 3.8) is 0 Å². The standard InChI is InChI=1S/C13H25N3O/c14-11-13(7-3-1-4-8-13)12(17)15-16-9-5-2-6-10-16/h1-11,14H2,(H,15,17). The average molecular weight is 239 g/mol. The van der Waals surface area contributed by atoms with Crippen molar-refractivity contribution in [1.82, 2.24) is 10.4 Å². The van der Waals surface area contributed by atoms with Gasteiger partial charge in [-0.1, -0.05) is 25.7 Å². The van der Waals surface area contributed by atoms with Crippen LogP contribution < -0.4 is 11.2 Å². The summed E-state index contributed by atoms with van der Waals surface area (Å²) < 4.78 is 0. The van der Waals surface area contributed by atoms with Gasteiger partial charge in [-0.05, 0) is 25.7 Å². The van der Waals surface area contributed by atoms with Gasteiger partial charge in [0.1, 0.15) is 0 Å². The molecule has 3 N–H and O–H groups in total. The monoisotopic (exact) mass is 239 g/mol. The molecule has 98 valence electrons. The number of amides is 1. The van der Waals surface area contributed by atoms with Gasteiger partial charge in [0.25, 0.3) is 0 Å². The van der Waals surface area contributed by atoms with Gasteiger partial charge >= 0.3 is 0 Å². The van der Waals surface area contributed by atoms with Crippen LogP contribution in [0.1, 0.15) is 51.4 Å². The first kappa shape index (κ1) is 12.8. The van der Waals surface area contributed by atoms with Gasteiger partial charge < -0.3 is 5.73 Å². The molecule has 0 bridgehead atoms. The number of hydrogen-bond acceptors (Lipinski definition) is 3. The van der Waals surface area contributed by atoms with E-state index < -0.39 is 0 Å². The highest BCUT2D eigenvalue weighted by Gasteiger charge is 2.38. The molecule has 2 fully saturated rings. The number of carbonyl (C=O) groups is 1. The van der Waals surface area contributed by atoms with E-state index in [-0.39, 0.29) is 11.3 Å². The van der Waals surface area contributed by atoms with Crippen LogP contribution in [0.2, 0.25) is 0 Å². The van der Waals surface area contributed by atoms with Crippen LogP contribution in [-0.4, -0.2) is 30.6 Å². The van der Waals surface area contributed by atoms with Crippen LogP contribution in [-0.2, 0) is 4.79 Å². The molecule has 4 nitrogen and oxygen atoms in total. The van der Waals surface area contributed by atoms with E-state index >= 15 is 0 Å². The fourth-order valence-electron chi connectivity index (χ4n) is 3.02. The number of nitrogens with two attached hydrogens (primary N) is 1. The maximum absolute atomic E-state index is 12.4. The fraction of sp³-hybridized carbons (Fsp3) is 0.923. The van der Waals surface area contributed by atoms with Crippen LogP contribution in [0.4, 0.5) is 0 Å². The third-order valence-electron chi connectivity index (χ3n) is 4.30. The Morgan fingerprint density at radius 3 is 2.24 bits per heavy atom. The number of rotatable bonds is 3. The normalized spacial score (nSPS) is 25.5. The van der Waals surface area contributed by atoms with Gasteiger partial charge in [-0.3, -0.25) is 10.2 Å². The first-order valence-corrected chi connectivity index (χ1v) is 7.03. The van der Waals surface area contributed by atoms with Crippen LogP contribution in [0.5, 0.6) is 0 Å². The molecule has 1 heterocycles. The van der Waals surface area contributed by atoms with Crippen LogP contribution in [0.25, 0.3) is 0 Å². The molecule has 0 unspecified atom stereocenters. The maximum atomic E-state index is 12.4. The quantitative estimate of drug-likeness (QED) is 0.783. The third kappa shape index (κ3) is 2.99. The predicted molar refractivity (Wildman–Crippen MR) is 68.1 cm³/mol. The summed E-state index contributed by atoms with van der Waals surface area (Å²) in [7, 11) is 0. The highest BCUT2D eigenvalue weighted by atomic mass is 16.2. The minimum atomic E-state index is -0.282. The summed E-state index contributed by atoms with van der Waals surface area (Å²) in [4.78, 5) is 12.4. The molecular formula is C13H25N3O. The summed E-state index contributed by atoms with van der Waals surface area (Å²) in [5, 5.41) is 2.08. The number of nitrogens with one attached hydrogen (secondary N) is 1.